The zero-order valence-corrected chi connectivity index (χ0v) is 17.2. The molecule has 2 aromatic rings. The lowest BCUT2D eigenvalue weighted by molar-refractivity contribution is -0.135. The average molecular weight is 406 g/mol. The number of aryl methyl sites for hydroxylation is 1. The zero-order chi connectivity index (χ0) is 20.5. The summed E-state index contributed by atoms with van der Waals surface area (Å²) in [6.45, 7) is 6.54. The van der Waals surface area contributed by atoms with Gasteiger partial charge >= 0.3 is 5.97 Å². The van der Waals surface area contributed by atoms with Crippen molar-refractivity contribution in [2.45, 2.75) is 45.8 Å². The minimum absolute atomic E-state index is 0.0356. The molecule has 1 atom stereocenters. The Kier molecular flexibility index (Phi) is 5.86. The summed E-state index contributed by atoms with van der Waals surface area (Å²) >= 11 is 6.26. The fourth-order valence-corrected chi connectivity index (χ4v) is 3.64. The molecule has 1 fully saturated rings. The normalized spacial score (nSPS) is 18.7. The smallest absolute Gasteiger partial charge is 0.338 e. The van der Waals surface area contributed by atoms with E-state index in [4.69, 9.17) is 21.1 Å². The molecule has 28 heavy (non-hydrogen) atoms. The number of aromatic nitrogens is 2. The van der Waals surface area contributed by atoms with Gasteiger partial charge in [0.15, 0.2) is 5.15 Å². The number of esters is 1. The second-order valence-electron chi connectivity index (χ2n) is 7.62. The van der Waals surface area contributed by atoms with Crippen LogP contribution in [0.2, 0.25) is 5.15 Å². The third-order valence-corrected chi connectivity index (χ3v) is 5.24. The van der Waals surface area contributed by atoms with Gasteiger partial charge in [-0.05, 0) is 51.3 Å². The lowest BCUT2D eigenvalue weighted by Crippen LogP contribution is -2.41. The third kappa shape index (κ3) is 4.42. The van der Waals surface area contributed by atoms with Gasteiger partial charge in [0.05, 0.1) is 41.5 Å². The number of benzene rings is 1. The van der Waals surface area contributed by atoms with E-state index in [0.717, 1.165) is 5.56 Å². The molecule has 0 saturated carbocycles. The van der Waals surface area contributed by atoms with E-state index in [0.29, 0.717) is 41.7 Å². The Morgan fingerprint density at radius 2 is 2.04 bits per heavy atom. The number of amides is 1. The quantitative estimate of drug-likeness (QED) is 0.785. The second-order valence-corrected chi connectivity index (χ2v) is 7.98. The summed E-state index contributed by atoms with van der Waals surface area (Å²) in [5, 5.41) is 3.10. The summed E-state index contributed by atoms with van der Waals surface area (Å²) in [7, 11) is 1.33. The molecule has 1 aromatic heterocycles. The Balaban J connectivity index is 1.77. The molecule has 0 spiro atoms. The molecule has 1 unspecified atom stereocenters. The summed E-state index contributed by atoms with van der Waals surface area (Å²) in [6, 6.07) is 3.37. The summed E-state index contributed by atoms with van der Waals surface area (Å²) in [5.41, 5.74) is 2.44. The van der Waals surface area contributed by atoms with Crippen LogP contribution in [-0.2, 0) is 20.8 Å². The van der Waals surface area contributed by atoms with Crippen LogP contribution in [-0.4, -0.2) is 41.2 Å². The van der Waals surface area contributed by atoms with E-state index in [1.807, 2.05) is 13.8 Å². The Bertz CT molecular complexity index is 929. The number of methoxy groups -OCH3 is 1. The van der Waals surface area contributed by atoms with Gasteiger partial charge in [0, 0.05) is 12.5 Å². The molecule has 8 heteroatoms. The van der Waals surface area contributed by atoms with E-state index in [2.05, 4.69) is 15.3 Å². The maximum Gasteiger partial charge on any atom is 0.338 e. The first kappa shape index (κ1) is 20.5. The highest BCUT2D eigenvalue weighted by Gasteiger charge is 2.32. The van der Waals surface area contributed by atoms with Crippen LogP contribution in [0, 0.1) is 12.8 Å². The number of carbonyl (C=O) groups excluding carboxylic acids is 2. The lowest BCUT2D eigenvalue weighted by atomic mass is 9.88. The van der Waals surface area contributed by atoms with Crippen molar-refractivity contribution in [3.63, 3.8) is 0 Å². The minimum Gasteiger partial charge on any atom is -0.465 e. The fraction of sp³-hybridized carbons (Fsp3) is 0.500. The first-order valence-electron chi connectivity index (χ1n) is 9.17. The Labute approximate surface area is 168 Å². The maximum atomic E-state index is 12.5. The molecule has 1 aliphatic heterocycles. The van der Waals surface area contributed by atoms with E-state index in [1.165, 1.54) is 7.11 Å². The number of hydrogen-bond donors (Lipinski definition) is 1. The molecule has 0 aliphatic carbocycles. The standard InChI is InChI=1S/C20H24ClN3O4/c1-11-7-14-15(8-13(11)19(26)27-4)24-17(21)16(23-14)10-22-18(25)12-5-6-28-20(2,3)9-12/h7-8,12H,5-6,9-10H2,1-4H3,(H,22,25). The van der Waals surface area contributed by atoms with Crippen LogP contribution in [0.5, 0.6) is 0 Å². The van der Waals surface area contributed by atoms with E-state index in [-0.39, 0.29) is 29.1 Å². The summed E-state index contributed by atoms with van der Waals surface area (Å²) < 4.78 is 10.4. The molecule has 0 radical (unpaired) electrons. The van der Waals surface area contributed by atoms with Gasteiger partial charge < -0.3 is 14.8 Å². The van der Waals surface area contributed by atoms with Crippen LogP contribution >= 0.6 is 11.6 Å². The van der Waals surface area contributed by atoms with Crippen molar-refractivity contribution in [3.8, 4) is 0 Å². The lowest BCUT2D eigenvalue weighted by Gasteiger charge is -2.34. The number of ether oxygens (including phenoxy) is 2. The van der Waals surface area contributed by atoms with Crippen LogP contribution in [0.15, 0.2) is 12.1 Å². The molecule has 1 saturated heterocycles. The molecule has 1 aromatic carbocycles. The number of nitrogens with zero attached hydrogens (tertiary/aromatic N) is 2. The van der Waals surface area contributed by atoms with Crippen LogP contribution in [0.25, 0.3) is 11.0 Å². The molecular weight excluding hydrogens is 382 g/mol. The Hall–Kier alpha value is -2.25. The topological polar surface area (TPSA) is 90.4 Å². The largest absolute Gasteiger partial charge is 0.465 e. The van der Waals surface area contributed by atoms with Gasteiger partial charge in [-0.1, -0.05) is 11.6 Å². The van der Waals surface area contributed by atoms with Crippen LogP contribution in [0.3, 0.4) is 0 Å². The maximum absolute atomic E-state index is 12.5. The van der Waals surface area contributed by atoms with Crippen molar-refractivity contribution in [1.29, 1.82) is 0 Å². The van der Waals surface area contributed by atoms with Crippen LogP contribution in [0.4, 0.5) is 0 Å². The summed E-state index contributed by atoms with van der Waals surface area (Å²) in [6.07, 6.45) is 1.37. The number of rotatable bonds is 4. The fourth-order valence-electron chi connectivity index (χ4n) is 3.44. The molecular formula is C20H24ClN3O4. The van der Waals surface area contributed by atoms with Gasteiger partial charge in [-0.25, -0.2) is 14.8 Å². The predicted octanol–water partition coefficient (Wildman–Crippen LogP) is 3.20. The highest BCUT2D eigenvalue weighted by molar-refractivity contribution is 6.30. The van der Waals surface area contributed by atoms with Crippen molar-refractivity contribution in [3.05, 3.63) is 34.1 Å². The highest BCUT2D eigenvalue weighted by Crippen LogP contribution is 2.29. The molecule has 7 nitrogen and oxygen atoms in total. The Morgan fingerprint density at radius 3 is 2.71 bits per heavy atom. The van der Waals surface area contributed by atoms with E-state index in [1.54, 1.807) is 19.1 Å². The number of halogens is 1. The number of fused-ring (bicyclic) bond motifs is 1. The van der Waals surface area contributed by atoms with Gasteiger partial charge in [0.2, 0.25) is 5.91 Å². The van der Waals surface area contributed by atoms with Crippen molar-refractivity contribution < 1.29 is 19.1 Å². The van der Waals surface area contributed by atoms with Crippen molar-refractivity contribution in [2.75, 3.05) is 13.7 Å². The first-order chi connectivity index (χ1) is 13.2. The first-order valence-corrected chi connectivity index (χ1v) is 9.55. The minimum atomic E-state index is -0.437. The molecule has 1 amide bonds. The molecule has 1 aliphatic rings. The number of carbonyl (C=O) groups is 2. The van der Waals surface area contributed by atoms with Gasteiger partial charge in [-0.15, -0.1) is 0 Å². The van der Waals surface area contributed by atoms with Gasteiger partial charge in [-0.3, -0.25) is 4.79 Å². The van der Waals surface area contributed by atoms with Gasteiger partial charge in [-0.2, -0.15) is 0 Å². The monoisotopic (exact) mass is 405 g/mol. The van der Waals surface area contributed by atoms with Gasteiger partial charge in [0.1, 0.15) is 0 Å². The molecule has 150 valence electrons. The molecule has 2 heterocycles. The van der Waals surface area contributed by atoms with Crippen LogP contribution in [0.1, 0.15) is 48.3 Å². The van der Waals surface area contributed by atoms with E-state index >= 15 is 0 Å². The molecule has 1 N–H and O–H groups in total. The second kappa shape index (κ2) is 8.01. The van der Waals surface area contributed by atoms with Crippen molar-refractivity contribution in [2.24, 2.45) is 5.92 Å². The Morgan fingerprint density at radius 1 is 1.32 bits per heavy atom. The number of nitrogens with one attached hydrogen (secondary N) is 1. The number of hydrogen-bond acceptors (Lipinski definition) is 6. The van der Waals surface area contributed by atoms with Crippen molar-refractivity contribution in [1.82, 2.24) is 15.3 Å². The highest BCUT2D eigenvalue weighted by atomic mass is 35.5. The summed E-state index contributed by atoms with van der Waals surface area (Å²) in [4.78, 5) is 33.2. The third-order valence-electron chi connectivity index (χ3n) is 4.94. The summed E-state index contributed by atoms with van der Waals surface area (Å²) in [5.74, 6) is -0.569. The molecule has 3 rings (SSSR count). The van der Waals surface area contributed by atoms with E-state index in [9.17, 15) is 9.59 Å². The molecule has 0 bridgehead atoms. The predicted molar refractivity (Wildman–Crippen MR) is 105 cm³/mol. The van der Waals surface area contributed by atoms with Gasteiger partial charge in [0.25, 0.3) is 0 Å². The zero-order valence-electron chi connectivity index (χ0n) is 16.5. The van der Waals surface area contributed by atoms with Crippen LogP contribution < -0.4 is 5.32 Å². The SMILES string of the molecule is COC(=O)c1cc2nc(Cl)c(CNC(=O)C3CCOC(C)(C)C3)nc2cc1C. The van der Waals surface area contributed by atoms with E-state index < -0.39 is 5.97 Å². The van der Waals surface area contributed by atoms with Crippen molar-refractivity contribution >= 4 is 34.5 Å². The average Bonchev–Trinajstić information content (AvgIpc) is 2.64.